The van der Waals surface area contributed by atoms with Gasteiger partial charge in [-0.25, -0.2) is 4.79 Å². The van der Waals surface area contributed by atoms with Gasteiger partial charge in [0, 0.05) is 37.4 Å². The minimum Gasteiger partial charge on any atom is -0.481 e. The summed E-state index contributed by atoms with van der Waals surface area (Å²) >= 11 is 0. The predicted molar refractivity (Wildman–Crippen MR) is 91.4 cm³/mol. The van der Waals surface area contributed by atoms with E-state index in [1.54, 1.807) is 28.0 Å². The summed E-state index contributed by atoms with van der Waals surface area (Å²) in [6, 6.07) is 6.91. The highest BCUT2D eigenvalue weighted by molar-refractivity contribution is 6.00. The Hall–Kier alpha value is -2.57. The lowest BCUT2D eigenvalue weighted by Crippen LogP contribution is -2.43. The van der Waals surface area contributed by atoms with Crippen molar-refractivity contribution >= 4 is 29.3 Å². The zero-order chi connectivity index (χ0) is 17.6. The Bertz CT molecular complexity index is 750. The molecule has 2 aliphatic heterocycles. The van der Waals surface area contributed by atoms with E-state index in [1.165, 1.54) is 0 Å². The van der Waals surface area contributed by atoms with Gasteiger partial charge in [-0.2, -0.15) is 0 Å². The zero-order valence-corrected chi connectivity index (χ0v) is 13.9. The van der Waals surface area contributed by atoms with E-state index in [0.29, 0.717) is 31.6 Å². The number of rotatable bonds is 3. The van der Waals surface area contributed by atoms with Crippen molar-refractivity contribution in [3.63, 3.8) is 0 Å². The van der Waals surface area contributed by atoms with Crippen molar-refractivity contribution in [2.75, 3.05) is 29.9 Å². The Labute approximate surface area is 145 Å². The van der Waals surface area contributed by atoms with Gasteiger partial charge in [0.05, 0.1) is 5.41 Å². The summed E-state index contributed by atoms with van der Waals surface area (Å²) in [6.45, 7) is 1.46. The molecule has 4 rings (SSSR count). The number of carbonyl (C=O) groups excluding carboxylic acids is 2. The number of carbonyl (C=O) groups is 3. The first-order chi connectivity index (χ1) is 12.0. The summed E-state index contributed by atoms with van der Waals surface area (Å²) in [6.07, 6.45) is 2.98. The maximum atomic E-state index is 12.6. The van der Waals surface area contributed by atoms with Gasteiger partial charge in [-0.15, -0.1) is 0 Å². The molecule has 1 aromatic carbocycles. The fraction of sp³-hybridized carbons (Fsp3) is 0.500. The number of carboxylic acids is 1. The van der Waals surface area contributed by atoms with Gasteiger partial charge in [-0.1, -0.05) is 12.5 Å². The molecular weight excluding hydrogens is 322 g/mol. The maximum Gasteiger partial charge on any atom is 0.321 e. The largest absolute Gasteiger partial charge is 0.481 e. The van der Waals surface area contributed by atoms with E-state index in [9.17, 15) is 19.5 Å². The van der Waals surface area contributed by atoms with Crippen LogP contribution in [0.1, 0.15) is 25.7 Å². The van der Waals surface area contributed by atoms with E-state index in [4.69, 9.17) is 0 Å². The van der Waals surface area contributed by atoms with Gasteiger partial charge < -0.3 is 20.2 Å². The summed E-state index contributed by atoms with van der Waals surface area (Å²) in [5, 5.41) is 12.5. The zero-order valence-electron chi connectivity index (χ0n) is 13.9. The third-order valence-electron chi connectivity index (χ3n) is 5.84. The maximum absolute atomic E-state index is 12.6. The van der Waals surface area contributed by atoms with Crippen molar-refractivity contribution in [1.29, 1.82) is 0 Å². The number of fused-ring (bicyclic) bond motifs is 1. The number of aliphatic carboxylic acids is 1. The van der Waals surface area contributed by atoms with Crippen LogP contribution in [0.25, 0.3) is 0 Å². The molecule has 2 N–H and O–H groups in total. The van der Waals surface area contributed by atoms with Gasteiger partial charge in [0.1, 0.15) is 0 Å². The Balaban J connectivity index is 1.45. The molecule has 1 aliphatic carbocycles. The average molecular weight is 343 g/mol. The second-order valence-corrected chi connectivity index (χ2v) is 7.21. The monoisotopic (exact) mass is 343 g/mol. The minimum atomic E-state index is -0.788. The van der Waals surface area contributed by atoms with Gasteiger partial charge in [0.2, 0.25) is 5.91 Å². The van der Waals surface area contributed by atoms with Crippen LogP contribution in [0.5, 0.6) is 0 Å². The van der Waals surface area contributed by atoms with Crippen LogP contribution in [-0.4, -0.2) is 47.5 Å². The van der Waals surface area contributed by atoms with Gasteiger partial charge in [0.15, 0.2) is 0 Å². The number of urea groups is 1. The van der Waals surface area contributed by atoms with Crippen LogP contribution in [0.15, 0.2) is 24.3 Å². The molecular formula is C18H21N3O4. The molecule has 7 nitrogen and oxygen atoms in total. The normalized spacial score (nSPS) is 27.8. The lowest BCUT2D eigenvalue weighted by molar-refractivity contribution is -0.149. The lowest BCUT2D eigenvalue weighted by Gasteiger charge is -2.31. The SMILES string of the molecule is O=C(Nc1cccc(N2CCC2=O)c1)N1C[C@@H]2CCC[C@@]2(C(=O)O)C1. The summed E-state index contributed by atoms with van der Waals surface area (Å²) in [5.74, 6) is -0.663. The molecule has 3 amide bonds. The number of hydrogen-bond acceptors (Lipinski definition) is 3. The van der Waals surface area contributed by atoms with E-state index in [-0.39, 0.29) is 24.4 Å². The average Bonchev–Trinajstić information content (AvgIpc) is 3.12. The van der Waals surface area contributed by atoms with Gasteiger partial charge in [-0.3, -0.25) is 9.59 Å². The molecule has 3 aliphatic rings. The number of amides is 3. The summed E-state index contributed by atoms with van der Waals surface area (Å²) in [4.78, 5) is 39.2. The number of carboxylic acid groups (broad SMARTS) is 1. The van der Waals surface area contributed by atoms with Crippen LogP contribution in [0.3, 0.4) is 0 Å². The molecule has 132 valence electrons. The number of β-lactam (4-membered cyclic amide) rings is 1. The number of likely N-dealkylation sites (tertiary alicyclic amines) is 1. The van der Waals surface area contributed by atoms with Crippen molar-refractivity contribution in [2.24, 2.45) is 11.3 Å². The van der Waals surface area contributed by atoms with Crippen LogP contribution >= 0.6 is 0 Å². The molecule has 2 saturated heterocycles. The highest BCUT2D eigenvalue weighted by Crippen LogP contribution is 2.48. The quantitative estimate of drug-likeness (QED) is 0.823. The molecule has 1 saturated carbocycles. The first kappa shape index (κ1) is 15.9. The lowest BCUT2D eigenvalue weighted by atomic mass is 9.81. The number of hydrogen-bond donors (Lipinski definition) is 2. The summed E-state index contributed by atoms with van der Waals surface area (Å²) in [7, 11) is 0. The van der Waals surface area contributed by atoms with E-state index in [0.717, 1.165) is 18.5 Å². The van der Waals surface area contributed by atoms with Gasteiger partial charge >= 0.3 is 12.0 Å². The standard InChI is InChI=1S/C18H21N3O4/c22-15-6-8-21(15)14-5-1-4-13(9-14)19-17(25)20-10-12-3-2-7-18(12,11-20)16(23)24/h1,4-5,9,12H,2-3,6-8,10-11H2,(H,19,25)(H,23,24)/t12-,18+/m0/s1. The number of nitrogens with one attached hydrogen (secondary N) is 1. The molecule has 0 unspecified atom stereocenters. The van der Waals surface area contributed by atoms with Crippen LogP contribution in [-0.2, 0) is 9.59 Å². The van der Waals surface area contributed by atoms with Crippen molar-refractivity contribution in [2.45, 2.75) is 25.7 Å². The van der Waals surface area contributed by atoms with Crippen molar-refractivity contribution in [1.82, 2.24) is 4.90 Å². The van der Waals surface area contributed by atoms with E-state index in [1.807, 2.05) is 6.07 Å². The van der Waals surface area contributed by atoms with Crippen LogP contribution < -0.4 is 10.2 Å². The molecule has 7 heteroatoms. The number of nitrogens with zero attached hydrogens (tertiary/aromatic N) is 2. The van der Waals surface area contributed by atoms with Crippen molar-refractivity contribution < 1.29 is 19.5 Å². The van der Waals surface area contributed by atoms with Gasteiger partial charge in [0.25, 0.3) is 0 Å². The minimum absolute atomic E-state index is 0.0424. The molecule has 0 aromatic heterocycles. The van der Waals surface area contributed by atoms with E-state index >= 15 is 0 Å². The fourth-order valence-electron chi connectivity index (χ4n) is 4.34. The molecule has 0 bridgehead atoms. The topological polar surface area (TPSA) is 90.0 Å². The Morgan fingerprint density at radius 1 is 1.32 bits per heavy atom. The Morgan fingerprint density at radius 3 is 2.80 bits per heavy atom. The van der Waals surface area contributed by atoms with Gasteiger partial charge in [-0.05, 0) is 37.0 Å². The fourth-order valence-corrected chi connectivity index (χ4v) is 4.34. The smallest absolute Gasteiger partial charge is 0.321 e. The molecule has 0 radical (unpaired) electrons. The van der Waals surface area contributed by atoms with E-state index < -0.39 is 11.4 Å². The summed E-state index contributed by atoms with van der Waals surface area (Å²) < 4.78 is 0. The molecule has 2 heterocycles. The molecule has 3 fully saturated rings. The van der Waals surface area contributed by atoms with Crippen LogP contribution in [0.2, 0.25) is 0 Å². The predicted octanol–water partition coefficient (Wildman–Crippen LogP) is 2.14. The first-order valence-corrected chi connectivity index (χ1v) is 8.69. The third-order valence-corrected chi connectivity index (χ3v) is 5.84. The van der Waals surface area contributed by atoms with Crippen molar-refractivity contribution in [3.05, 3.63) is 24.3 Å². The number of benzene rings is 1. The number of anilines is 2. The first-order valence-electron chi connectivity index (χ1n) is 8.69. The molecule has 0 spiro atoms. The molecule has 25 heavy (non-hydrogen) atoms. The highest BCUT2D eigenvalue weighted by atomic mass is 16.4. The summed E-state index contributed by atoms with van der Waals surface area (Å²) in [5.41, 5.74) is 0.612. The highest BCUT2D eigenvalue weighted by Gasteiger charge is 2.55. The Kier molecular flexibility index (Phi) is 3.67. The van der Waals surface area contributed by atoms with Crippen LogP contribution in [0.4, 0.5) is 16.2 Å². The van der Waals surface area contributed by atoms with Crippen molar-refractivity contribution in [3.8, 4) is 0 Å². The second kappa shape index (κ2) is 5.75. The Morgan fingerprint density at radius 2 is 2.16 bits per heavy atom. The molecule has 2 atom stereocenters. The third kappa shape index (κ3) is 2.54. The van der Waals surface area contributed by atoms with Crippen LogP contribution in [0, 0.1) is 11.3 Å². The second-order valence-electron chi connectivity index (χ2n) is 7.21. The van der Waals surface area contributed by atoms with E-state index in [2.05, 4.69) is 5.32 Å². The molecule has 1 aromatic rings.